The van der Waals surface area contributed by atoms with Gasteiger partial charge in [0.2, 0.25) is 0 Å². The van der Waals surface area contributed by atoms with Gasteiger partial charge in [0, 0.05) is 143 Å². The summed E-state index contributed by atoms with van der Waals surface area (Å²) in [6.07, 6.45) is 24.0. The number of H-pyrrole nitrogens is 6. The third-order valence-corrected chi connectivity index (χ3v) is 15.4. The Hall–Kier alpha value is -11.8. The maximum Gasteiger partial charge on any atom is 0.251 e. The fourth-order valence-electron chi connectivity index (χ4n) is 10.9. The van der Waals surface area contributed by atoms with E-state index in [1.54, 1.807) is 25.3 Å². The molecule has 11 aromatic rings. The summed E-state index contributed by atoms with van der Waals surface area (Å²) in [7, 11) is 0. The van der Waals surface area contributed by atoms with Gasteiger partial charge in [-0.25, -0.2) is 29.9 Å². The van der Waals surface area contributed by atoms with E-state index < -0.39 is 0 Å². The summed E-state index contributed by atoms with van der Waals surface area (Å²) in [5.74, 6) is -0.837. The zero-order valence-corrected chi connectivity index (χ0v) is 47.4. The maximum absolute atomic E-state index is 13.5. The highest BCUT2D eigenvalue weighted by Gasteiger charge is 2.21. The third kappa shape index (κ3) is 12.2. The van der Waals surface area contributed by atoms with E-state index in [1.165, 1.54) is 0 Å². The maximum atomic E-state index is 13.5. The summed E-state index contributed by atoms with van der Waals surface area (Å²) in [6.45, 7) is 1.67. The number of imidazole rings is 4. The van der Waals surface area contributed by atoms with Crippen LogP contribution in [0.15, 0.2) is 171 Å². The molecular weight excluding hydrogens is 1100 g/mol. The van der Waals surface area contributed by atoms with Gasteiger partial charge in [-0.05, 0) is 119 Å². The van der Waals surface area contributed by atoms with Gasteiger partial charge < -0.3 is 51.2 Å². The Labute approximate surface area is 503 Å². The first-order valence-electron chi connectivity index (χ1n) is 28.9. The second-order valence-corrected chi connectivity index (χ2v) is 21.1. The van der Waals surface area contributed by atoms with Crippen molar-refractivity contribution in [2.75, 3.05) is 26.2 Å². The number of rotatable bonds is 20. The van der Waals surface area contributed by atoms with E-state index in [2.05, 4.69) is 71.1 Å². The van der Waals surface area contributed by atoms with Crippen LogP contribution in [0.1, 0.15) is 87.0 Å². The molecule has 2 aliphatic heterocycles. The van der Waals surface area contributed by atoms with Crippen LogP contribution in [0.25, 0.3) is 90.9 Å². The number of nitrogens with zero attached hydrogens (tertiary/aromatic N) is 6. The fraction of sp³-hybridized carbons (Fsp3) is 0.118. The second kappa shape index (κ2) is 25.2. The highest BCUT2D eigenvalue weighted by Crippen LogP contribution is 2.39. The Morgan fingerprint density at radius 3 is 0.739 bits per heavy atom. The van der Waals surface area contributed by atoms with Crippen molar-refractivity contribution in [1.82, 2.24) is 81.1 Å². The predicted octanol–water partition coefficient (Wildman–Crippen LogP) is 10.1. The highest BCUT2D eigenvalue weighted by molar-refractivity contribution is 6.02. The molecule has 9 heterocycles. The molecule has 0 radical (unpaired) electrons. The standard InChI is InChI=1S/C68H58N16O4/c85-65(73-29-25-49-33-69-37-77-49)45-9-1-41(2-10-45)61-53-17-19-55(81-53)62(42-3-11-46(12-4-42)66(86)74-30-26-50-34-70-38-78-50)57-21-23-59(83-57)64(44-7-15-48(16-8-44)68(88)76-32-28-52-36-72-40-80-52)60-24-22-58(84-60)63(56-20-18-54(61)82-56)43-5-13-47(14-6-43)67(87)75-31-27-51-35-71-39-79-51/h1-24,33-40,81,84H,25-32H2,(H,69,77)(H,70,78)(H,71,79)(H,72,80)(H,73,85)(H,74,86)(H,75,87)(H,76,88). The lowest BCUT2D eigenvalue weighted by molar-refractivity contribution is 0.0946. The number of aromatic amines is 6. The van der Waals surface area contributed by atoms with E-state index in [9.17, 15) is 19.2 Å². The molecule has 4 amide bonds. The first-order chi connectivity index (χ1) is 43.2. The van der Waals surface area contributed by atoms with Gasteiger partial charge in [0.15, 0.2) is 0 Å². The van der Waals surface area contributed by atoms with Crippen molar-refractivity contribution in [2.45, 2.75) is 25.7 Å². The molecule has 4 aromatic carbocycles. The van der Waals surface area contributed by atoms with Gasteiger partial charge in [0.25, 0.3) is 23.6 Å². The molecule has 0 atom stereocenters. The van der Waals surface area contributed by atoms with E-state index >= 15 is 0 Å². The van der Waals surface area contributed by atoms with Crippen molar-refractivity contribution >= 4 is 70.0 Å². The molecule has 0 saturated carbocycles. The Kier molecular flexibility index (Phi) is 15.9. The number of carbonyl (C=O) groups excluding carboxylic acids is 4. The van der Waals surface area contributed by atoms with Gasteiger partial charge in [0.1, 0.15) is 0 Å². The molecule has 20 heteroatoms. The number of carbonyl (C=O) groups is 4. The van der Waals surface area contributed by atoms with Crippen LogP contribution < -0.4 is 21.3 Å². The number of benzene rings is 4. The average Bonchev–Trinajstić information content (AvgIpc) is 2.75. The average molecular weight is 1160 g/mol. The van der Waals surface area contributed by atoms with Crippen LogP contribution in [0.4, 0.5) is 0 Å². The van der Waals surface area contributed by atoms with Crippen LogP contribution in [0, 0.1) is 0 Å². The van der Waals surface area contributed by atoms with Crippen LogP contribution in [0.3, 0.4) is 0 Å². The molecule has 8 bridgehead atoms. The second-order valence-electron chi connectivity index (χ2n) is 21.1. The minimum atomic E-state index is -0.209. The lowest BCUT2D eigenvalue weighted by atomic mass is 10.0. The molecule has 88 heavy (non-hydrogen) atoms. The fourth-order valence-corrected chi connectivity index (χ4v) is 10.9. The Bertz CT molecular complexity index is 3970. The van der Waals surface area contributed by atoms with Gasteiger partial charge in [-0.2, -0.15) is 0 Å². The largest absolute Gasteiger partial charge is 0.354 e. The first kappa shape index (κ1) is 55.4. The van der Waals surface area contributed by atoms with Gasteiger partial charge >= 0.3 is 0 Å². The molecule has 13 rings (SSSR count). The van der Waals surface area contributed by atoms with E-state index in [-0.39, 0.29) is 23.6 Å². The molecule has 0 spiro atoms. The Morgan fingerprint density at radius 1 is 0.307 bits per heavy atom. The lowest BCUT2D eigenvalue weighted by Crippen LogP contribution is -2.25. The molecule has 434 valence electrons. The van der Waals surface area contributed by atoms with Crippen LogP contribution in [0.5, 0.6) is 0 Å². The zero-order chi connectivity index (χ0) is 59.8. The van der Waals surface area contributed by atoms with Crippen LogP contribution in [0.2, 0.25) is 0 Å². The summed E-state index contributed by atoms with van der Waals surface area (Å²) in [4.78, 5) is 102. The minimum absolute atomic E-state index is 0.209. The zero-order valence-electron chi connectivity index (χ0n) is 47.4. The SMILES string of the molecule is O=C(NCCc1c[nH]cn1)c1ccc(-c2c3nc(c(-c4ccc(C(=O)NCCc5c[nH]cn5)cc4)c4ccc([nH]4)c(-c4ccc(C(=O)NCCc5c[nH]cn5)cc4)c4nc(c(-c5ccc(C(=O)NCCc6c[nH]cn6)cc5)c5ccc2[nH]5)C=C4)C=C3)cc1. The number of hydrogen-bond acceptors (Lipinski definition) is 10. The van der Waals surface area contributed by atoms with Crippen molar-refractivity contribution in [3.05, 3.63) is 239 Å². The number of hydrogen-bond donors (Lipinski definition) is 10. The molecule has 7 aromatic heterocycles. The monoisotopic (exact) mass is 1160 g/mol. The van der Waals surface area contributed by atoms with Gasteiger partial charge in [-0.15, -0.1) is 0 Å². The molecular formula is C68H58N16O4. The van der Waals surface area contributed by atoms with Crippen molar-refractivity contribution in [3.63, 3.8) is 0 Å². The van der Waals surface area contributed by atoms with E-state index in [0.29, 0.717) is 96.9 Å². The molecule has 0 aliphatic carbocycles. The number of fused-ring (bicyclic) bond motifs is 8. The Morgan fingerprint density at radius 2 is 0.534 bits per heavy atom. The first-order valence-corrected chi connectivity index (χ1v) is 28.9. The summed E-state index contributed by atoms with van der Waals surface area (Å²) >= 11 is 0. The topological polar surface area (TPSA) is 288 Å². The smallest absolute Gasteiger partial charge is 0.251 e. The molecule has 2 aliphatic rings. The quantitative estimate of drug-likeness (QED) is 0.0344. The van der Waals surface area contributed by atoms with Crippen molar-refractivity contribution in [1.29, 1.82) is 0 Å². The van der Waals surface area contributed by atoms with E-state index in [1.807, 2.05) is 170 Å². The normalized spacial score (nSPS) is 11.6. The summed E-state index contributed by atoms with van der Waals surface area (Å²) in [5, 5.41) is 12.1. The van der Waals surface area contributed by atoms with Crippen molar-refractivity contribution in [3.8, 4) is 44.5 Å². The van der Waals surface area contributed by atoms with Gasteiger partial charge in [0.05, 0.1) is 70.9 Å². The number of nitrogens with one attached hydrogen (secondary N) is 10. The molecule has 0 unspecified atom stereocenters. The number of aromatic nitrogens is 12. The summed E-state index contributed by atoms with van der Waals surface area (Å²) < 4.78 is 0. The number of amides is 4. The van der Waals surface area contributed by atoms with Crippen molar-refractivity contribution in [2.24, 2.45) is 0 Å². The molecule has 10 N–H and O–H groups in total. The highest BCUT2D eigenvalue weighted by atomic mass is 16.2. The van der Waals surface area contributed by atoms with E-state index in [0.717, 1.165) is 89.4 Å². The Balaban J connectivity index is 0.955. The van der Waals surface area contributed by atoms with E-state index in [4.69, 9.17) is 9.97 Å². The third-order valence-electron chi connectivity index (χ3n) is 15.4. The summed E-state index contributed by atoms with van der Waals surface area (Å²) in [6, 6.07) is 38.0. The van der Waals surface area contributed by atoms with Crippen LogP contribution in [-0.2, 0) is 25.7 Å². The molecule has 0 fully saturated rings. The van der Waals surface area contributed by atoms with Crippen LogP contribution >= 0.6 is 0 Å². The van der Waals surface area contributed by atoms with Gasteiger partial charge in [-0.1, -0.05) is 48.5 Å². The molecule has 20 nitrogen and oxygen atoms in total. The molecule has 0 saturated heterocycles. The van der Waals surface area contributed by atoms with Crippen LogP contribution in [-0.4, -0.2) is 110 Å². The minimum Gasteiger partial charge on any atom is -0.354 e. The van der Waals surface area contributed by atoms with Crippen molar-refractivity contribution < 1.29 is 19.2 Å². The lowest BCUT2D eigenvalue weighted by Gasteiger charge is -2.09. The summed E-state index contributed by atoms with van der Waals surface area (Å²) in [5.41, 5.74) is 17.2. The predicted molar refractivity (Wildman–Crippen MR) is 339 cm³/mol. The van der Waals surface area contributed by atoms with Gasteiger partial charge in [-0.3, -0.25) is 19.2 Å².